The van der Waals surface area contributed by atoms with Gasteiger partial charge in [0.25, 0.3) is 0 Å². The van der Waals surface area contributed by atoms with E-state index in [0.717, 1.165) is 6.42 Å². The summed E-state index contributed by atoms with van der Waals surface area (Å²) in [7, 11) is 0. The van der Waals surface area contributed by atoms with Gasteiger partial charge in [-0.3, -0.25) is 4.79 Å². The van der Waals surface area contributed by atoms with Crippen LogP contribution >= 0.6 is 0 Å². The molecule has 1 aliphatic rings. The quantitative estimate of drug-likeness (QED) is 0.345. The van der Waals surface area contributed by atoms with Gasteiger partial charge >= 0.3 is 0 Å². The second kappa shape index (κ2) is 4.35. The Labute approximate surface area is 94.5 Å². The van der Waals surface area contributed by atoms with Gasteiger partial charge in [0.1, 0.15) is 6.34 Å². The Morgan fingerprint density at radius 3 is 2.81 bits per heavy atom. The summed E-state index contributed by atoms with van der Waals surface area (Å²) in [5, 5.41) is 5.79. The van der Waals surface area contributed by atoms with Crippen molar-refractivity contribution in [3.8, 4) is 0 Å². The predicted molar refractivity (Wildman–Crippen MR) is 62.8 cm³/mol. The number of hydrogen-bond donors (Lipinski definition) is 2. The van der Waals surface area contributed by atoms with E-state index in [1.165, 1.54) is 17.5 Å². The normalized spacial score (nSPS) is 23.3. The Kier molecular flexibility index (Phi) is 2.90. The molecule has 1 aliphatic carbocycles. The van der Waals surface area contributed by atoms with E-state index < -0.39 is 0 Å². The summed E-state index contributed by atoms with van der Waals surface area (Å²) < 4.78 is 0. The summed E-state index contributed by atoms with van der Waals surface area (Å²) in [6.07, 6.45) is 2.14. The Morgan fingerprint density at radius 2 is 2.19 bits per heavy atom. The third-order valence-corrected chi connectivity index (χ3v) is 2.91. The highest BCUT2D eigenvalue weighted by Gasteiger charge is 2.43. The Morgan fingerprint density at radius 1 is 1.50 bits per heavy atom. The maximum absolute atomic E-state index is 11.6. The number of carbonyl (C=O) groups is 1. The van der Waals surface area contributed by atoms with Crippen LogP contribution in [0.25, 0.3) is 0 Å². The van der Waals surface area contributed by atoms with Crippen LogP contribution in [0.2, 0.25) is 0 Å². The van der Waals surface area contributed by atoms with E-state index in [4.69, 9.17) is 5.84 Å². The largest absolute Gasteiger partial charge is 0.322 e. The van der Waals surface area contributed by atoms with Gasteiger partial charge in [-0.25, -0.2) is 0 Å². The fourth-order valence-electron chi connectivity index (χ4n) is 1.87. The molecule has 2 rings (SSSR count). The molecule has 2 atom stereocenters. The van der Waals surface area contributed by atoms with Gasteiger partial charge in [-0.2, -0.15) is 5.10 Å². The van der Waals surface area contributed by atoms with Crippen molar-refractivity contribution in [1.82, 2.24) is 5.32 Å². The number of benzene rings is 1. The number of hydrogen-bond acceptors (Lipinski definition) is 3. The number of amides is 1. The van der Waals surface area contributed by atoms with Crippen molar-refractivity contribution in [2.24, 2.45) is 16.9 Å². The zero-order valence-corrected chi connectivity index (χ0v) is 9.18. The van der Waals surface area contributed by atoms with Gasteiger partial charge in [-0.15, -0.1) is 0 Å². The number of nitrogens with one attached hydrogen (secondary N) is 1. The van der Waals surface area contributed by atoms with Crippen molar-refractivity contribution in [2.75, 3.05) is 0 Å². The molecule has 1 fully saturated rings. The van der Waals surface area contributed by atoms with E-state index >= 15 is 0 Å². The van der Waals surface area contributed by atoms with Crippen LogP contribution in [0.5, 0.6) is 0 Å². The van der Waals surface area contributed by atoms with Gasteiger partial charge in [0.15, 0.2) is 0 Å². The summed E-state index contributed by atoms with van der Waals surface area (Å²) >= 11 is 0. The number of nitrogens with two attached hydrogens (primary N) is 1. The third kappa shape index (κ3) is 2.21. The van der Waals surface area contributed by atoms with Crippen LogP contribution in [0, 0.1) is 12.8 Å². The third-order valence-electron chi connectivity index (χ3n) is 2.91. The molecule has 1 saturated carbocycles. The van der Waals surface area contributed by atoms with Gasteiger partial charge in [0.2, 0.25) is 5.91 Å². The van der Waals surface area contributed by atoms with Gasteiger partial charge in [0, 0.05) is 5.92 Å². The van der Waals surface area contributed by atoms with E-state index in [-0.39, 0.29) is 11.8 Å². The predicted octanol–water partition coefficient (Wildman–Crippen LogP) is 1.12. The summed E-state index contributed by atoms with van der Waals surface area (Å²) in [6, 6.07) is 8.32. The zero-order valence-electron chi connectivity index (χ0n) is 9.18. The molecular weight excluding hydrogens is 202 g/mol. The Balaban J connectivity index is 1.96. The van der Waals surface area contributed by atoms with Gasteiger partial charge in [-0.1, -0.05) is 29.8 Å². The maximum Gasteiger partial charge on any atom is 0.228 e. The molecule has 0 unspecified atom stereocenters. The van der Waals surface area contributed by atoms with Crippen molar-refractivity contribution in [2.45, 2.75) is 19.3 Å². The number of nitrogens with zero attached hydrogens (tertiary/aromatic N) is 1. The molecule has 3 N–H and O–H groups in total. The first kappa shape index (κ1) is 10.7. The summed E-state index contributed by atoms with van der Waals surface area (Å²) in [5.41, 5.74) is 2.47. The SMILES string of the molecule is Cc1ccc([C@@H]2C[C@H]2C(=O)NC=NN)cc1. The number of hydrazone groups is 1. The molecule has 0 spiro atoms. The average Bonchev–Trinajstić information content (AvgIpc) is 3.07. The fraction of sp³-hybridized carbons (Fsp3) is 0.333. The van der Waals surface area contributed by atoms with E-state index in [9.17, 15) is 4.79 Å². The smallest absolute Gasteiger partial charge is 0.228 e. The van der Waals surface area contributed by atoms with E-state index in [1.807, 2.05) is 0 Å². The molecule has 0 aliphatic heterocycles. The zero-order chi connectivity index (χ0) is 11.5. The first-order valence-corrected chi connectivity index (χ1v) is 5.31. The first-order valence-electron chi connectivity index (χ1n) is 5.31. The molecule has 4 nitrogen and oxygen atoms in total. The van der Waals surface area contributed by atoms with Crippen molar-refractivity contribution in [1.29, 1.82) is 0 Å². The van der Waals surface area contributed by atoms with Crippen molar-refractivity contribution in [3.05, 3.63) is 35.4 Å². The molecule has 84 valence electrons. The lowest BCUT2D eigenvalue weighted by atomic mass is 10.1. The van der Waals surface area contributed by atoms with Crippen molar-refractivity contribution < 1.29 is 4.79 Å². The maximum atomic E-state index is 11.6. The molecule has 1 aromatic carbocycles. The molecule has 0 heterocycles. The van der Waals surface area contributed by atoms with Crippen molar-refractivity contribution >= 4 is 12.2 Å². The molecule has 0 saturated heterocycles. The highest BCUT2D eigenvalue weighted by Crippen LogP contribution is 2.47. The second-order valence-electron chi connectivity index (χ2n) is 4.15. The van der Waals surface area contributed by atoms with E-state index in [1.54, 1.807) is 0 Å². The molecule has 4 heteroatoms. The lowest BCUT2D eigenvalue weighted by Gasteiger charge is -2.00. The Bertz CT molecular complexity index is 411. The van der Waals surface area contributed by atoms with Crippen LogP contribution in [0.15, 0.2) is 29.4 Å². The lowest BCUT2D eigenvalue weighted by Crippen LogP contribution is -2.24. The molecule has 0 radical (unpaired) electrons. The minimum absolute atomic E-state index is 0.000208. The van der Waals surface area contributed by atoms with E-state index in [2.05, 4.69) is 41.6 Å². The topological polar surface area (TPSA) is 67.5 Å². The standard InChI is InChI=1S/C12H15N3O/c1-8-2-4-9(5-3-8)10-6-11(10)12(16)14-7-15-13/h2-5,7,10-11H,6,13H2,1H3,(H,14,15,16)/t10-,11+/m0/s1. The fourth-order valence-corrected chi connectivity index (χ4v) is 1.87. The monoisotopic (exact) mass is 217 g/mol. The van der Waals surface area contributed by atoms with Gasteiger partial charge in [0.05, 0.1) is 0 Å². The van der Waals surface area contributed by atoms with Crippen LogP contribution in [-0.4, -0.2) is 12.2 Å². The molecule has 1 aromatic rings. The number of carbonyl (C=O) groups excluding carboxylic acids is 1. The van der Waals surface area contributed by atoms with Crippen LogP contribution < -0.4 is 11.2 Å². The highest BCUT2D eigenvalue weighted by atomic mass is 16.2. The first-order chi connectivity index (χ1) is 7.72. The summed E-state index contributed by atoms with van der Waals surface area (Å²) in [4.78, 5) is 11.6. The van der Waals surface area contributed by atoms with Gasteiger partial charge in [-0.05, 0) is 24.8 Å². The summed E-state index contributed by atoms with van der Waals surface area (Å²) in [5.74, 6) is 5.34. The number of aryl methyl sites for hydroxylation is 1. The lowest BCUT2D eigenvalue weighted by molar-refractivity contribution is -0.120. The highest BCUT2D eigenvalue weighted by molar-refractivity contribution is 5.91. The minimum atomic E-state index is -0.000208. The number of rotatable bonds is 3. The molecule has 0 bridgehead atoms. The molecule has 1 amide bonds. The minimum Gasteiger partial charge on any atom is -0.322 e. The van der Waals surface area contributed by atoms with Gasteiger partial charge < -0.3 is 11.2 Å². The van der Waals surface area contributed by atoms with Crippen LogP contribution in [0.1, 0.15) is 23.5 Å². The Hall–Kier alpha value is -1.84. The van der Waals surface area contributed by atoms with Crippen LogP contribution in [0.3, 0.4) is 0 Å². The summed E-state index contributed by atoms with van der Waals surface area (Å²) in [6.45, 7) is 2.05. The second-order valence-corrected chi connectivity index (χ2v) is 4.15. The van der Waals surface area contributed by atoms with E-state index in [0.29, 0.717) is 5.92 Å². The van der Waals surface area contributed by atoms with Crippen LogP contribution in [0.4, 0.5) is 0 Å². The van der Waals surface area contributed by atoms with Crippen LogP contribution in [-0.2, 0) is 4.79 Å². The molecule has 16 heavy (non-hydrogen) atoms. The molecular formula is C12H15N3O. The van der Waals surface area contributed by atoms with Crippen molar-refractivity contribution in [3.63, 3.8) is 0 Å². The average molecular weight is 217 g/mol. The molecule has 0 aromatic heterocycles.